The normalized spacial score (nSPS) is 22.1. The largest absolute Gasteiger partial charge is 0.622 e. The van der Waals surface area contributed by atoms with Crippen molar-refractivity contribution in [1.82, 2.24) is 4.90 Å². The lowest BCUT2D eigenvalue weighted by atomic mass is 10.1. The Morgan fingerprint density at radius 3 is 2.70 bits per heavy atom. The molecule has 1 unspecified atom stereocenters. The fourth-order valence-electron chi connectivity index (χ4n) is 2.33. The SMILES string of the molecule is C=CCN1C(=S)SC(C)(C)C1[N+]([O-])=Cc1ccccc1. The van der Waals surface area contributed by atoms with Gasteiger partial charge in [-0.2, -0.15) is 4.74 Å². The van der Waals surface area contributed by atoms with E-state index in [9.17, 15) is 5.21 Å². The summed E-state index contributed by atoms with van der Waals surface area (Å²) in [5.74, 6) is 0. The Bertz CT molecular complexity index is 540. The highest BCUT2D eigenvalue weighted by molar-refractivity contribution is 8.24. The van der Waals surface area contributed by atoms with E-state index in [0.717, 1.165) is 14.6 Å². The summed E-state index contributed by atoms with van der Waals surface area (Å²) in [5, 5.41) is 12.6. The van der Waals surface area contributed by atoms with Gasteiger partial charge in [0.1, 0.15) is 9.07 Å². The van der Waals surface area contributed by atoms with Crippen molar-refractivity contribution in [2.45, 2.75) is 24.8 Å². The molecule has 1 fully saturated rings. The Morgan fingerprint density at radius 1 is 1.45 bits per heavy atom. The van der Waals surface area contributed by atoms with Gasteiger partial charge in [-0.3, -0.25) is 4.90 Å². The quantitative estimate of drug-likeness (QED) is 0.213. The van der Waals surface area contributed by atoms with Crippen LogP contribution in [0.5, 0.6) is 0 Å². The van der Waals surface area contributed by atoms with E-state index in [4.69, 9.17) is 12.2 Å². The maximum absolute atomic E-state index is 12.6. The number of thioether (sulfide) groups is 1. The highest BCUT2D eigenvalue weighted by Crippen LogP contribution is 2.41. The first-order valence-electron chi connectivity index (χ1n) is 6.41. The molecule has 0 bridgehead atoms. The molecule has 0 aliphatic carbocycles. The Labute approximate surface area is 129 Å². The summed E-state index contributed by atoms with van der Waals surface area (Å²) in [7, 11) is 0. The van der Waals surface area contributed by atoms with Crippen LogP contribution in [0.4, 0.5) is 0 Å². The van der Waals surface area contributed by atoms with E-state index in [1.54, 1.807) is 24.1 Å². The lowest BCUT2D eigenvalue weighted by Gasteiger charge is -2.29. The molecule has 1 heterocycles. The zero-order valence-electron chi connectivity index (χ0n) is 11.7. The topological polar surface area (TPSA) is 29.3 Å². The minimum atomic E-state index is -0.321. The molecule has 0 aromatic heterocycles. The molecule has 1 aliphatic rings. The Hall–Kier alpha value is -1.33. The average molecular weight is 306 g/mol. The highest BCUT2D eigenvalue weighted by atomic mass is 32.2. The first-order chi connectivity index (χ1) is 9.45. The fourth-order valence-corrected chi connectivity index (χ4v) is 4.22. The van der Waals surface area contributed by atoms with Crippen LogP contribution in [0.25, 0.3) is 0 Å². The minimum absolute atomic E-state index is 0.257. The molecule has 5 heteroatoms. The first-order valence-corrected chi connectivity index (χ1v) is 7.64. The Morgan fingerprint density at radius 2 is 2.10 bits per heavy atom. The second-order valence-electron chi connectivity index (χ2n) is 5.19. The van der Waals surface area contributed by atoms with Crippen molar-refractivity contribution >= 4 is 34.5 Å². The number of benzene rings is 1. The predicted octanol–water partition coefficient (Wildman–Crippen LogP) is 3.24. The van der Waals surface area contributed by atoms with Gasteiger partial charge in [-0.25, -0.2) is 0 Å². The molecule has 20 heavy (non-hydrogen) atoms. The summed E-state index contributed by atoms with van der Waals surface area (Å²) in [6, 6.07) is 9.59. The molecule has 0 amide bonds. The molecule has 0 N–H and O–H groups in total. The van der Waals surface area contributed by atoms with Gasteiger partial charge in [0.15, 0.2) is 6.21 Å². The second kappa shape index (κ2) is 5.97. The van der Waals surface area contributed by atoms with Crippen LogP contribution in [0.3, 0.4) is 0 Å². The number of rotatable bonds is 4. The van der Waals surface area contributed by atoms with Gasteiger partial charge >= 0.3 is 0 Å². The van der Waals surface area contributed by atoms with Gasteiger partial charge in [-0.15, -0.1) is 6.58 Å². The third-order valence-electron chi connectivity index (χ3n) is 3.14. The van der Waals surface area contributed by atoms with Gasteiger partial charge in [0.05, 0.1) is 0 Å². The van der Waals surface area contributed by atoms with Crippen LogP contribution >= 0.6 is 24.0 Å². The van der Waals surface area contributed by atoms with Crippen molar-refractivity contribution in [1.29, 1.82) is 0 Å². The summed E-state index contributed by atoms with van der Waals surface area (Å²) >= 11 is 6.94. The van der Waals surface area contributed by atoms with Gasteiger partial charge in [-0.05, 0) is 26.0 Å². The summed E-state index contributed by atoms with van der Waals surface area (Å²) in [4.78, 5) is 1.93. The van der Waals surface area contributed by atoms with Crippen molar-refractivity contribution in [3.8, 4) is 0 Å². The van der Waals surface area contributed by atoms with Gasteiger partial charge < -0.3 is 5.21 Å². The van der Waals surface area contributed by atoms with E-state index in [1.807, 2.05) is 49.1 Å². The van der Waals surface area contributed by atoms with Crippen LogP contribution in [0.1, 0.15) is 19.4 Å². The van der Waals surface area contributed by atoms with Crippen LogP contribution in [-0.2, 0) is 0 Å². The van der Waals surface area contributed by atoms with Gasteiger partial charge in [-0.1, -0.05) is 48.3 Å². The lowest BCUT2D eigenvalue weighted by molar-refractivity contribution is -0.523. The van der Waals surface area contributed by atoms with Crippen molar-refractivity contribution in [3.05, 3.63) is 53.8 Å². The summed E-state index contributed by atoms with van der Waals surface area (Å²) in [5.41, 5.74) is 0.889. The Kier molecular flexibility index (Phi) is 4.50. The fraction of sp³-hybridized carbons (Fsp3) is 0.333. The van der Waals surface area contributed by atoms with Gasteiger partial charge in [0.2, 0.25) is 0 Å². The molecule has 1 aliphatic heterocycles. The zero-order chi connectivity index (χ0) is 14.8. The molecule has 1 aromatic carbocycles. The van der Waals surface area contributed by atoms with Gasteiger partial charge in [0.25, 0.3) is 6.17 Å². The molecule has 1 aromatic rings. The van der Waals surface area contributed by atoms with Crippen molar-refractivity contribution in [2.24, 2.45) is 0 Å². The number of hydroxylamine groups is 1. The predicted molar refractivity (Wildman–Crippen MR) is 90.2 cm³/mol. The molecular weight excluding hydrogens is 288 g/mol. The van der Waals surface area contributed by atoms with Crippen LogP contribution in [0, 0.1) is 5.21 Å². The molecule has 0 saturated carbocycles. The molecule has 2 rings (SSSR count). The van der Waals surface area contributed by atoms with Crippen LogP contribution < -0.4 is 0 Å². The standard InChI is InChI=1S/C15H18N2OS2/c1-4-10-16-13(15(2,3)20-14(16)19)17(18)11-12-8-6-5-7-9-12/h4-9,11,13H,1,10H2,2-3H3. The van der Waals surface area contributed by atoms with Crippen molar-refractivity contribution < 1.29 is 4.74 Å². The van der Waals surface area contributed by atoms with E-state index in [1.165, 1.54) is 0 Å². The second-order valence-corrected chi connectivity index (χ2v) is 7.47. The molecule has 0 radical (unpaired) electrons. The number of hydrogen-bond acceptors (Lipinski definition) is 3. The third-order valence-corrected chi connectivity index (χ3v) is 4.78. The van der Waals surface area contributed by atoms with Crippen molar-refractivity contribution in [2.75, 3.05) is 6.54 Å². The molecule has 1 saturated heterocycles. The van der Waals surface area contributed by atoms with E-state index in [2.05, 4.69) is 6.58 Å². The smallest absolute Gasteiger partial charge is 0.254 e. The maximum atomic E-state index is 12.6. The summed E-state index contributed by atoms with van der Waals surface area (Å²) in [6.45, 7) is 8.41. The summed E-state index contributed by atoms with van der Waals surface area (Å²) < 4.78 is 1.50. The number of thiocarbonyl (C=S) groups is 1. The zero-order valence-corrected chi connectivity index (χ0v) is 13.3. The Balaban J connectivity index is 2.34. The van der Waals surface area contributed by atoms with E-state index >= 15 is 0 Å². The lowest BCUT2D eigenvalue weighted by Crippen LogP contribution is -2.47. The van der Waals surface area contributed by atoms with E-state index in [0.29, 0.717) is 6.54 Å². The van der Waals surface area contributed by atoms with Crippen LogP contribution in [0.15, 0.2) is 43.0 Å². The molecule has 3 nitrogen and oxygen atoms in total. The highest BCUT2D eigenvalue weighted by Gasteiger charge is 2.49. The first kappa shape index (κ1) is 15.1. The third kappa shape index (κ3) is 3.04. The minimum Gasteiger partial charge on any atom is -0.622 e. The van der Waals surface area contributed by atoms with Crippen LogP contribution in [0.2, 0.25) is 0 Å². The molecule has 106 valence electrons. The van der Waals surface area contributed by atoms with E-state index in [-0.39, 0.29) is 10.9 Å². The van der Waals surface area contributed by atoms with E-state index < -0.39 is 0 Å². The van der Waals surface area contributed by atoms with Gasteiger partial charge in [0, 0.05) is 12.1 Å². The number of hydrogen-bond donors (Lipinski definition) is 0. The van der Waals surface area contributed by atoms with Crippen LogP contribution in [-0.4, -0.2) is 37.6 Å². The summed E-state index contributed by atoms with van der Waals surface area (Å²) in [6.07, 6.45) is 3.08. The molecule has 0 spiro atoms. The average Bonchev–Trinajstić information content (AvgIpc) is 2.60. The molecule has 1 atom stereocenters. The monoisotopic (exact) mass is 306 g/mol. The number of nitrogens with zero attached hydrogens (tertiary/aromatic N) is 2. The molecular formula is C15H18N2OS2. The van der Waals surface area contributed by atoms with Crippen molar-refractivity contribution in [3.63, 3.8) is 0 Å². The maximum Gasteiger partial charge on any atom is 0.254 e.